The molecule has 0 aromatic heterocycles. The van der Waals surface area contributed by atoms with Gasteiger partial charge in [0.2, 0.25) is 5.91 Å². The van der Waals surface area contributed by atoms with Gasteiger partial charge in [-0.2, -0.15) is 5.26 Å². The third kappa shape index (κ3) is 2.56. The summed E-state index contributed by atoms with van der Waals surface area (Å²) in [5.74, 6) is -0.251. The highest BCUT2D eigenvalue weighted by Crippen LogP contribution is 2.19. The number of nitrogens with zero attached hydrogens (tertiary/aromatic N) is 1. The van der Waals surface area contributed by atoms with Crippen molar-refractivity contribution in [1.29, 1.82) is 5.26 Å². The van der Waals surface area contributed by atoms with Crippen LogP contribution in [0.15, 0.2) is 0 Å². The molecular formula is C7H11N3O. The fourth-order valence-electron chi connectivity index (χ4n) is 0.843. The molecule has 1 atom stereocenters. The number of rotatable bonds is 3. The largest absolute Gasteiger partial charge is 0.303 e. The second-order valence-electron chi connectivity index (χ2n) is 2.76. The summed E-state index contributed by atoms with van der Waals surface area (Å²) in [6.07, 6.45) is 3.89. The average Bonchev–Trinajstić information content (AvgIpc) is 2.72. The Balaban J connectivity index is 2.22. The predicted molar refractivity (Wildman–Crippen MR) is 39.4 cm³/mol. The Morgan fingerprint density at radius 1 is 1.73 bits per heavy atom. The van der Waals surface area contributed by atoms with Crippen LogP contribution in [0, 0.1) is 11.5 Å². The molecule has 1 aliphatic carbocycles. The topological polar surface area (TPSA) is 64.9 Å². The van der Waals surface area contributed by atoms with E-state index in [1.54, 1.807) is 13.1 Å². The minimum atomic E-state index is -0.251. The van der Waals surface area contributed by atoms with Gasteiger partial charge in [0.25, 0.3) is 0 Å². The van der Waals surface area contributed by atoms with Crippen LogP contribution in [0.1, 0.15) is 19.8 Å². The van der Waals surface area contributed by atoms with Gasteiger partial charge in [0.1, 0.15) is 0 Å². The lowest BCUT2D eigenvalue weighted by molar-refractivity contribution is -0.121. The second kappa shape index (κ2) is 3.35. The Morgan fingerprint density at radius 3 is 2.82 bits per heavy atom. The molecule has 1 amide bonds. The molecule has 0 aromatic rings. The van der Waals surface area contributed by atoms with Crippen molar-refractivity contribution in [2.24, 2.45) is 0 Å². The van der Waals surface area contributed by atoms with Crippen LogP contribution in [-0.2, 0) is 4.79 Å². The summed E-state index contributed by atoms with van der Waals surface area (Å²) in [7, 11) is 0. The van der Waals surface area contributed by atoms with Crippen LogP contribution in [0.4, 0.5) is 0 Å². The van der Waals surface area contributed by atoms with E-state index in [1.165, 1.54) is 0 Å². The molecule has 1 fully saturated rings. The van der Waals surface area contributed by atoms with Gasteiger partial charge in [0, 0.05) is 6.04 Å². The number of hydrogen-bond acceptors (Lipinski definition) is 3. The Morgan fingerprint density at radius 2 is 2.36 bits per heavy atom. The molecule has 0 aliphatic heterocycles. The lowest BCUT2D eigenvalue weighted by atomic mass is 10.3. The van der Waals surface area contributed by atoms with Gasteiger partial charge in [-0.05, 0) is 19.8 Å². The van der Waals surface area contributed by atoms with Crippen molar-refractivity contribution in [1.82, 2.24) is 10.6 Å². The highest BCUT2D eigenvalue weighted by molar-refractivity contribution is 5.82. The van der Waals surface area contributed by atoms with E-state index >= 15 is 0 Å². The summed E-state index contributed by atoms with van der Waals surface area (Å²) in [5.41, 5.74) is 0. The van der Waals surface area contributed by atoms with E-state index in [1.807, 2.05) is 0 Å². The maximum atomic E-state index is 10.9. The number of hydrogen-bond donors (Lipinski definition) is 2. The molecule has 1 aliphatic rings. The van der Waals surface area contributed by atoms with E-state index in [0.717, 1.165) is 12.8 Å². The van der Waals surface area contributed by atoms with Gasteiger partial charge in [-0.1, -0.05) is 0 Å². The zero-order valence-corrected chi connectivity index (χ0v) is 6.42. The number of amides is 1. The van der Waals surface area contributed by atoms with E-state index < -0.39 is 0 Å². The molecule has 4 nitrogen and oxygen atoms in total. The normalized spacial score (nSPS) is 18.5. The standard InChI is InChI=1S/C7H11N3O/c1-5(7(11)9-4-8)10-6-2-3-6/h5-6,10H,2-3H2,1H3,(H,9,11). The van der Waals surface area contributed by atoms with Crippen LogP contribution in [0.3, 0.4) is 0 Å². The van der Waals surface area contributed by atoms with Gasteiger partial charge < -0.3 is 5.32 Å². The zero-order chi connectivity index (χ0) is 8.27. The molecule has 0 spiro atoms. The van der Waals surface area contributed by atoms with Gasteiger partial charge in [-0.3, -0.25) is 10.1 Å². The molecule has 2 N–H and O–H groups in total. The quantitative estimate of drug-likeness (QED) is 0.433. The third-order valence-electron chi connectivity index (χ3n) is 1.64. The zero-order valence-electron chi connectivity index (χ0n) is 6.42. The van der Waals surface area contributed by atoms with Crippen molar-refractivity contribution in [2.75, 3.05) is 0 Å². The number of carbonyl (C=O) groups is 1. The van der Waals surface area contributed by atoms with Crippen molar-refractivity contribution in [3.63, 3.8) is 0 Å². The van der Waals surface area contributed by atoms with Gasteiger partial charge in [-0.15, -0.1) is 0 Å². The van der Waals surface area contributed by atoms with Crippen LogP contribution in [-0.4, -0.2) is 18.0 Å². The minimum absolute atomic E-state index is 0.248. The maximum absolute atomic E-state index is 10.9. The van der Waals surface area contributed by atoms with Crippen molar-refractivity contribution in [3.8, 4) is 6.19 Å². The van der Waals surface area contributed by atoms with Crippen LogP contribution < -0.4 is 10.6 Å². The SMILES string of the molecule is CC(NC1CC1)C(=O)NC#N. The number of nitrogens with one attached hydrogen (secondary N) is 2. The monoisotopic (exact) mass is 153 g/mol. The van der Waals surface area contributed by atoms with Crippen molar-refractivity contribution < 1.29 is 4.79 Å². The first-order chi connectivity index (χ1) is 5.24. The van der Waals surface area contributed by atoms with Gasteiger partial charge >= 0.3 is 0 Å². The summed E-state index contributed by atoms with van der Waals surface area (Å²) in [6.45, 7) is 1.75. The predicted octanol–water partition coefficient (Wildman–Crippen LogP) is -0.276. The van der Waals surface area contributed by atoms with Gasteiger partial charge in [0.15, 0.2) is 6.19 Å². The highest BCUT2D eigenvalue weighted by Gasteiger charge is 2.25. The Bertz CT molecular complexity index is 192. The van der Waals surface area contributed by atoms with Crippen LogP contribution in [0.2, 0.25) is 0 Å². The molecule has 0 aromatic carbocycles. The van der Waals surface area contributed by atoms with Gasteiger partial charge in [0.05, 0.1) is 6.04 Å². The van der Waals surface area contributed by atoms with Crippen LogP contribution in [0.25, 0.3) is 0 Å². The van der Waals surface area contributed by atoms with Crippen LogP contribution >= 0.6 is 0 Å². The minimum Gasteiger partial charge on any atom is -0.303 e. The second-order valence-corrected chi connectivity index (χ2v) is 2.76. The van der Waals surface area contributed by atoms with Crippen LogP contribution in [0.5, 0.6) is 0 Å². The molecule has 0 bridgehead atoms. The Hall–Kier alpha value is -1.08. The number of nitriles is 1. The lowest BCUT2D eigenvalue weighted by Gasteiger charge is -2.08. The molecule has 60 valence electrons. The molecule has 1 saturated carbocycles. The summed E-state index contributed by atoms with van der Waals surface area (Å²) in [4.78, 5) is 10.9. The molecule has 1 unspecified atom stereocenters. The van der Waals surface area contributed by atoms with E-state index in [-0.39, 0.29) is 11.9 Å². The maximum Gasteiger partial charge on any atom is 0.249 e. The van der Waals surface area contributed by atoms with Crippen molar-refractivity contribution in [3.05, 3.63) is 0 Å². The Labute approximate surface area is 65.6 Å². The smallest absolute Gasteiger partial charge is 0.249 e. The van der Waals surface area contributed by atoms with E-state index in [0.29, 0.717) is 6.04 Å². The third-order valence-corrected chi connectivity index (χ3v) is 1.64. The average molecular weight is 153 g/mol. The summed E-state index contributed by atoms with van der Waals surface area (Å²) in [6, 6.07) is 0.247. The first-order valence-corrected chi connectivity index (χ1v) is 3.69. The molecular weight excluding hydrogens is 142 g/mol. The van der Waals surface area contributed by atoms with E-state index in [2.05, 4.69) is 10.6 Å². The summed E-state index contributed by atoms with van der Waals surface area (Å²) < 4.78 is 0. The fraction of sp³-hybridized carbons (Fsp3) is 0.714. The fourth-order valence-corrected chi connectivity index (χ4v) is 0.843. The first-order valence-electron chi connectivity index (χ1n) is 3.69. The lowest BCUT2D eigenvalue weighted by Crippen LogP contribution is -2.41. The summed E-state index contributed by atoms with van der Waals surface area (Å²) in [5, 5.41) is 13.3. The molecule has 11 heavy (non-hydrogen) atoms. The molecule has 0 radical (unpaired) electrons. The van der Waals surface area contributed by atoms with Crippen molar-refractivity contribution >= 4 is 5.91 Å². The van der Waals surface area contributed by atoms with Crippen molar-refractivity contribution in [2.45, 2.75) is 31.8 Å². The van der Waals surface area contributed by atoms with Gasteiger partial charge in [-0.25, -0.2) is 0 Å². The van der Waals surface area contributed by atoms with E-state index in [4.69, 9.17) is 5.26 Å². The molecule has 1 rings (SSSR count). The Kier molecular flexibility index (Phi) is 2.44. The van der Waals surface area contributed by atoms with E-state index in [9.17, 15) is 4.79 Å². The molecule has 4 heteroatoms. The summed E-state index contributed by atoms with van der Waals surface area (Å²) >= 11 is 0. The molecule has 0 heterocycles. The number of carbonyl (C=O) groups excluding carboxylic acids is 1. The first kappa shape index (κ1) is 8.02. The molecule has 0 saturated heterocycles. The highest BCUT2D eigenvalue weighted by atomic mass is 16.2.